The second-order valence-electron chi connectivity index (χ2n) is 3.37. The first-order chi connectivity index (χ1) is 5.91. The van der Waals surface area contributed by atoms with Gasteiger partial charge in [-0.15, -0.1) is 11.6 Å². The number of unbranched alkanes of at least 4 members (excludes halogenated alkanes) is 8. The zero-order chi connectivity index (χ0) is 9.07. The van der Waals surface area contributed by atoms with Gasteiger partial charge in [-0.1, -0.05) is 58.3 Å². The molecule has 0 nitrogen and oxygen atoms in total. The third-order valence-corrected chi connectivity index (χ3v) is 2.40. The van der Waals surface area contributed by atoms with Gasteiger partial charge in [-0.2, -0.15) is 0 Å². The van der Waals surface area contributed by atoms with E-state index in [1.807, 2.05) is 0 Å². The van der Waals surface area contributed by atoms with Crippen molar-refractivity contribution in [3.8, 4) is 0 Å². The lowest BCUT2D eigenvalue weighted by Gasteiger charge is -1.99. The van der Waals surface area contributed by atoms with Gasteiger partial charge in [-0.3, -0.25) is 0 Å². The van der Waals surface area contributed by atoms with Crippen LogP contribution in [0, 0.1) is 6.92 Å². The standard InChI is InChI=1S/C11H22Cl/c1-2-3-4-5-6-7-8-9-10-11-12/h1-11H2. The van der Waals surface area contributed by atoms with Crippen LogP contribution in [0.1, 0.15) is 57.8 Å². The number of hydrogen-bond donors (Lipinski definition) is 0. The highest BCUT2D eigenvalue weighted by Gasteiger charge is 1.90. The quantitative estimate of drug-likeness (QED) is 0.368. The first-order valence-corrected chi connectivity index (χ1v) is 5.80. The molecule has 0 aromatic rings. The van der Waals surface area contributed by atoms with Gasteiger partial charge in [0.1, 0.15) is 0 Å². The van der Waals surface area contributed by atoms with E-state index in [-0.39, 0.29) is 0 Å². The molecule has 0 amide bonds. The van der Waals surface area contributed by atoms with Crippen molar-refractivity contribution >= 4 is 11.6 Å². The van der Waals surface area contributed by atoms with Gasteiger partial charge in [0.05, 0.1) is 0 Å². The maximum atomic E-state index is 5.58. The molecule has 0 atom stereocenters. The van der Waals surface area contributed by atoms with Crippen molar-refractivity contribution in [1.82, 2.24) is 0 Å². The number of alkyl halides is 1. The highest BCUT2D eigenvalue weighted by Crippen LogP contribution is 2.09. The minimum atomic E-state index is 0.835. The largest absolute Gasteiger partial charge is 0.127 e. The first-order valence-electron chi connectivity index (χ1n) is 5.27. The van der Waals surface area contributed by atoms with Crippen LogP contribution in [0.3, 0.4) is 0 Å². The molecule has 12 heavy (non-hydrogen) atoms. The van der Waals surface area contributed by atoms with Gasteiger partial charge < -0.3 is 0 Å². The Morgan fingerprint density at radius 3 is 1.50 bits per heavy atom. The van der Waals surface area contributed by atoms with Gasteiger partial charge in [0, 0.05) is 5.88 Å². The van der Waals surface area contributed by atoms with Crippen LogP contribution in [0.15, 0.2) is 0 Å². The Morgan fingerprint density at radius 2 is 1.08 bits per heavy atom. The van der Waals surface area contributed by atoms with Crippen LogP contribution in [-0.2, 0) is 0 Å². The molecule has 0 aromatic carbocycles. The summed E-state index contributed by atoms with van der Waals surface area (Å²) in [6.07, 6.45) is 11.9. The molecular weight excluding hydrogens is 168 g/mol. The topological polar surface area (TPSA) is 0 Å². The first kappa shape index (κ1) is 12.3. The summed E-state index contributed by atoms with van der Waals surface area (Å²) in [4.78, 5) is 0. The SMILES string of the molecule is [CH2]CCCCCCCCCCCl. The maximum Gasteiger partial charge on any atom is 0.0223 e. The second-order valence-corrected chi connectivity index (χ2v) is 3.75. The molecule has 0 N–H and O–H groups in total. The average molecular weight is 190 g/mol. The molecule has 0 aliphatic heterocycles. The van der Waals surface area contributed by atoms with E-state index in [1.165, 1.54) is 51.4 Å². The lowest BCUT2D eigenvalue weighted by molar-refractivity contribution is 0.578. The van der Waals surface area contributed by atoms with Crippen LogP contribution in [0.25, 0.3) is 0 Å². The van der Waals surface area contributed by atoms with E-state index in [2.05, 4.69) is 6.92 Å². The number of hydrogen-bond acceptors (Lipinski definition) is 0. The Kier molecular flexibility index (Phi) is 11.6. The van der Waals surface area contributed by atoms with Gasteiger partial charge in [0.15, 0.2) is 0 Å². The lowest BCUT2D eigenvalue weighted by Crippen LogP contribution is -1.81. The van der Waals surface area contributed by atoms with Crippen molar-refractivity contribution in [2.24, 2.45) is 0 Å². The van der Waals surface area contributed by atoms with Crippen LogP contribution in [0.2, 0.25) is 0 Å². The van der Waals surface area contributed by atoms with Crippen LogP contribution in [0.4, 0.5) is 0 Å². The smallest absolute Gasteiger partial charge is 0.0223 e. The second kappa shape index (κ2) is 11.3. The molecule has 1 radical (unpaired) electrons. The van der Waals surface area contributed by atoms with Crippen molar-refractivity contribution < 1.29 is 0 Å². The Bertz CT molecular complexity index is 61.4. The summed E-state index contributed by atoms with van der Waals surface area (Å²) in [5, 5.41) is 0. The lowest BCUT2D eigenvalue weighted by atomic mass is 10.1. The Labute approximate surface area is 82.7 Å². The molecule has 0 rings (SSSR count). The fraction of sp³-hybridized carbons (Fsp3) is 0.909. The predicted molar refractivity (Wildman–Crippen MR) is 57.6 cm³/mol. The van der Waals surface area contributed by atoms with Crippen LogP contribution < -0.4 is 0 Å². The summed E-state index contributed by atoms with van der Waals surface area (Å²) in [6, 6.07) is 0. The fourth-order valence-electron chi connectivity index (χ4n) is 1.33. The molecule has 0 unspecified atom stereocenters. The Morgan fingerprint density at radius 1 is 0.667 bits per heavy atom. The Hall–Kier alpha value is 0.290. The van der Waals surface area contributed by atoms with Crippen LogP contribution in [0.5, 0.6) is 0 Å². The molecule has 0 aromatic heterocycles. The van der Waals surface area contributed by atoms with Crippen LogP contribution >= 0.6 is 11.6 Å². The molecule has 1 heteroatoms. The molecule has 0 aliphatic carbocycles. The molecule has 0 fully saturated rings. The van der Waals surface area contributed by atoms with E-state index >= 15 is 0 Å². The molecule has 0 bridgehead atoms. The Balaban J connectivity index is 2.73. The van der Waals surface area contributed by atoms with E-state index in [4.69, 9.17) is 11.6 Å². The summed E-state index contributed by atoms with van der Waals surface area (Å²) >= 11 is 5.58. The normalized spacial score (nSPS) is 10.5. The predicted octanol–water partition coefficient (Wildman–Crippen LogP) is 4.57. The zero-order valence-corrected chi connectivity index (χ0v) is 8.91. The monoisotopic (exact) mass is 189 g/mol. The molecule has 0 saturated heterocycles. The maximum absolute atomic E-state index is 5.58. The van der Waals surface area contributed by atoms with Crippen molar-refractivity contribution in [2.45, 2.75) is 57.8 Å². The van der Waals surface area contributed by atoms with Crippen molar-refractivity contribution in [1.29, 1.82) is 0 Å². The zero-order valence-electron chi connectivity index (χ0n) is 8.16. The van der Waals surface area contributed by atoms with E-state index in [0.717, 1.165) is 12.3 Å². The molecule has 73 valence electrons. The summed E-state index contributed by atoms with van der Waals surface area (Å²) in [7, 11) is 0. The molecular formula is C11H22Cl. The highest BCUT2D eigenvalue weighted by atomic mass is 35.5. The van der Waals surface area contributed by atoms with Crippen molar-refractivity contribution in [2.75, 3.05) is 5.88 Å². The molecule has 0 spiro atoms. The molecule has 0 aliphatic rings. The van der Waals surface area contributed by atoms with Gasteiger partial charge in [0.25, 0.3) is 0 Å². The molecule has 0 heterocycles. The van der Waals surface area contributed by atoms with E-state index in [0.29, 0.717) is 0 Å². The van der Waals surface area contributed by atoms with E-state index in [1.54, 1.807) is 0 Å². The summed E-state index contributed by atoms with van der Waals surface area (Å²) in [6.45, 7) is 3.83. The van der Waals surface area contributed by atoms with Gasteiger partial charge in [-0.05, 0) is 6.42 Å². The van der Waals surface area contributed by atoms with Crippen molar-refractivity contribution in [3.05, 3.63) is 6.92 Å². The summed E-state index contributed by atoms with van der Waals surface area (Å²) in [5.41, 5.74) is 0. The minimum absolute atomic E-state index is 0.835. The third kappa shape index (κ3) is 10.3. The number of halogens is 1. The van der Waals surface area contributed by atoms with Gasteiger partial charge >= 0.3 is 0 Å². The van der Waals surface area contributed by atoms with Gasteiger partial charge in [0.2, 0.25) is 0 Å². The number of rotatable bonds is 9. The average Bonchev–Trinajstić information content (AvgIpc) is 2.10. The van der Waals surface area contributed by atoms with Crippen LogP contribution in [-0.4, -0.2) is 5.88 Å². The summed E-state index contributed by atoms with van der Waals surface area (Å²) in [5.74, 6) is 0.835. The van der Waals surface area contributed by atoms with E-state index in [9.17, 15) is 0 Å². The summed E-state index contributed by atoms with van der Waals surface area (Å²) < 4.78 is 0. The highest BCUT2D eigenvalue weighted by molar-refractivity contribution is 6.17. The molecule has 0 saturated carbocycles. The third-order valence-electron chi connectivity index (χ3n) is 2.13. The minimum Gasteiger partial charge on any atom is -0.127 e. The fourth-order valence-corrected chi connectivity index (χ4v) is 1.52. The van der Waals surface area contributed by atoms with Crippen molar-refractivity contribution in [3.63, 3.8) is 0 Å². The van der Waals surface area contributed by atoms with Gasteiger partial charge in [-0.25, -0.2) is 0 Å². The van der Waals surface area contributed by atoms with E-state index < -0.39 is 0 Å².